The predicted octanol–water partition coefficient (Wildman–Crippen LogP) is 3.04. The second-order valence-corrected chi connectivity index (χ2v) is 7.37. The SMILES string of the molecule is Fc1ccc(N2CCC(N[C@H]3COC[C@H]3Cc3ccncc3)CC2)cc1. The Morgan fingerprint density at radius 2 is 1.77 bits per heavy atom. The molecule has 0 amide bonds. The van der Waals surface area contributed by atoms with Crippen LogP contribution < -0.4 is 10.2 Å². The molecular weight excluding hydrogens is 329 g/mol. The Morgan fingerprint density at radius 3 is 2.50 bits per heavy atom. The molecule has 2 aromatic rings. The van der Waals surface area contributed by atoms with Crippen LogP contribution in [0.25, 0.3) is 0 Å². The van der Waals surface area contributed by atoms with Crippen LogP contribution in [-0.4, -0.2) is 43.4 Å². The van der Waals surface area contributed by atoms with Gasteiger partial charge in [0.1, 0.15) is 5.82 Å². The van der Waals surface area contributed by atoms with Crippen molar-refractivity contribution in [3.63, 3.8) is 0 Å². The van der Waals surface area contributed by atoms with Crippen LogP contribution in [0.2, 0.25) is 0 Å². The molecule has 2 saturated heterocycles. The molecule has 26 heavy (non-hydrogen) atoms. The van der Waals surface area contributed by atoms with Gasteiger partial charge in [0.25, 0.3) is 0 Å². The summed E-state index contributed by atoms with van der Waals surface area (Å²) in [5.74, 6) is 0.347. The maximum absolute atomic E-state index is 13.1. The molecule has 4 rings (SSSR count). The highest BCUT2D eigenvalue weighted by Gasteiger charge is 2.31. The number of hydrogen-bond acceptors (Lipinski definition) is 4. The van der Waals surface area contributed by atoms with Crippen molar-refractivity contribution in [2.75, 3.05) is 31.2 Å². The standard InChI is InChI=1S/C21H26FN3O/c22-18-1-3-20(4-2-18)25-11-7-19(8-12-25)24-21-15-26-14-17(21)13-16-5-9-23-10-6-16/h1-6,9-10,17,19,21,24H,7-8,11-15H2/t17-,21+/m1/s1. The van der Waals surface area contributed by atoms with Crippen molar-refractivity contribution >= 4 is 5.69 Å². The Morgan fingerprint density at radius 1 is 1.04 bits per heavy atom. The van der Waals surface area contributed by atoms with E-state index in [0.29, 0.717) is 18.0 Å². The highest BCUT2D eigenvalue weighted by Crippen LogP contribution is 2.23. The molecule has 1 N–H and O–H groups in total. The second-order valence-electron chi connectivity index (χ2n) is 7.37. The van der Waals surface area contributed by atoms with Gasteiger partial charge in [-0.25, -0.2) is 4.39 Å². The highest BCUT2D eigenvalue weighted by molar-refractivity contribution is 5.46. The molecule has 138 valence electrons. The number of rotatable bonds is 5. The predicted molar refractivity (Wildman–Crippen MR) is 101 cm³/mol. The van der Waals surface area contributed by atoms with Gasteiger partial charge in [-0.3, -0.25) is 4.98 Å². The molecule has 0 radical (unpaired) electrons. The smallest absolute Gasteiger partial charge is 0.123 e. The van der Waals surface area contributed by atoms with Crippen molar-refractivity contribution in [3.8, 4) is 0 Å². The van der Waals surface area contributed by atoms with Gasteiger partial charge in [-0.05, 0) is 61.2 Å². The Labute approximate surface area is 154 Å². The van der Waals surface area contributed by atoms with E-state index in [1.165, 1.54) is 5.56 Å². The lowest BCUT2D eigenvalue weighted by molar-refractivity contribution is 0.181. The van der Waals surface area contributed by atoms with Crippen molar-refractivity contribution in [2.24, 2.45) is 5.92 Å². The third kappa shape index (κ3) is 4.22. The Kier molecular flexibility index (Phi) is 5.46. The number of piperidine rings is 1. The zero-order valence-electron chi connectivity index (χ0n) is 15.0. The zero-order valence-corrected chi connectivity index (χ0v) is 15.0. The first kappa shape index (κ1) is 17.4. The van der Waals surface area contributed by atoms with Gasteiger partial charge in [0.2, 0.25) is 0 Å². The number of nitrogens with zero attached hydrogens (tertiary/aromatic N) is 2. The largest absolute Gasteiger partial charge is 0.379 e. The first-order chi connectivity index (χ1) is 12.8. The maximum atomic E-state index is 13.1. The van der Waals surface area contributed by atoms with E-state index in [1.54, 1.807) is 12.1 Å². The molecule has 0 bridgehead atoms. The Bertz CT molecular complexity index is 686. The molecule has 1 aromatic heterocycles. The molecule has 0 saturated carbocycles. The maximum Gasteiger partial charge on any atom is 0.123 e. The van der Waals surface area contributed by atoms with Gasteiger partial charge >= 0.3 is 0 Å². The third-order valence-electron chi connectivity index (χ3n) is 5.58. The molecule has 3 heterocycles. The van der Waals surface area contributed by atoms with Crippen LogP contribution >= 0.6 is 0 Å². The Balaban J connectivity index is 1.29. The summed E-state index contributed by atoms with van der Waals surface area (Å²) in [6.45, 7) is 3.64. The highest BCUT2D eigenvalue weighted by atomic mass is 19.1. The molecule has 0 unspecified atom stereocenters. The zero-order chi connectivity index (χ0) is 17.8. The quantitative estimate of drug-likeness (QED) is 0.895. The van der Waals surface area contributed by atoms with Crippen LogP contribution in [0.4, 0.5) is 10.1 Å². The van der Waals surface area contributed by atoms with Crippen LogP contribution in [0.15, 0.2) is 48.8 Å². The van der Waals surface area contributed by atoms with Crippen LogP contribution in [0.3, 0.4) is 0 Å². The summed E-state index contributed by atoms with van der Waals surface area (Å²) in [6, 6.07) is 12.0. The summed E-state index contributed by atoms with van der Waals surface area (Å²) in [5.41, 5.74) is 2.44. The normalized spacial score (nSPS) is 24.1. The number of aromatic nitrogens is 1. The Hall–Kier alpha value is -1.98. The molecule has 4 nitrogen and oxygen atoms in total. The van der Waals surface area contributed by atoms with Crippen LogP contribution in [0.1, 0.15) is 18.4 Å². The van der Waals surface area contributed by atoms with Crippen LogP contribution in [0.5, 0.6) is 0 Å². The number of pyridine rings is 1. The topological polar surface area (TPSA) is 37.4 Å². The van der Waals surface area contributed by atoms with E-state index in [-0.39, 0.29) is 5.82 Å². The fourth-order valence-corrected chi connectivity index (χ4v) is 4.06. The van der Waals surface area contributed by atoms with Gasteiger partial charge in [-0.2, -0.15) is 0 Å². The molecular formula is C21H26FN3O. The molecule has 2 aliphatic heterocycles. The third-order valence-corrected chi connectivity index (χ3v) is 5.58. The molecule has 2 aliphatic rings. The van der Waals surface area contributed by atoms with E-state index < -0.39 is 0 Å². The fraction of sp³-hybridized carbons (Fsp3) is 0.476. The minimum absolute atomic E-state index is 0.174. The van der Waals surface area contributed by atoms with Crippen molar-refractivity contribution in [2.45, 2.75) is 31.3 Å². The average molecular weight is 355 g/mol. The summed E-state index contributed by atoms with van der Waals surface area (Å²) < 4.78 is 18.9. The van der Waals surface area contributed by atoms with Gasteiger partial charge in [0.05, 0.1) is 13.2 Å². The van der Waals surface area contributed by atoms with Crippen molar-refractivity contribution in [1.29, 1.82) is 0 Å². The lowest BCUT2D eigenvalue weighted by atomic mass is 9.93. The molecule has 1 aromatic carbocycles. The monoisotopic (exact) mass is 355 g/mol. The van der Waals surface area contributed by atoms with E-state index in [0.717, 1.165) is 51.3 Å². The van der Waals surface area contributed by atoms with E-state index in [9.17, 15) is 4.39 Å². The molecule has 5 heteroatoms. The summed E-state index contributed by atoms with van der Waals surface area (Å²) >= 11 is 0. The summed E-state index contributed by atoms with van der Waals surface area (Å²) in [7, 11) is 0. The lowest BCUT2D eigenvalue weighted by Gasteiger charge is -2.36. The molecule has 0 spiro atoms. The van der Waals surface area contributed by atoms with Crippen molar-refractivity contribution < 1.29 is 9.13 Å². The number of hydrogen-bond donors (Lipinski definition) is 1. The van der Waals surface area contributed by atoms with Gasteiger partial charge in [0, 0.05) is 49.2 Å². The number of halogens is 1. The molecule has 2 atom stereocenters. The van der Waals surface area contributed by atoms with Gasteiger partial charge in [0.15, 0.2) is 0 Å². The molecule has 0 aliphatic carbocycles. The fourth-order valence-electron chi connectivity index (χ4n) is 4.06. The first-order valence-corrected chi connectivity index (χ1v) is 9.51. The number of anilines is 1. The lowest BCUT2D eigenvalue weighted by Crippen LogP contribution is -2.48. The summed E-state index contributed by atoms with van der Waals surface area (Å²) in [6.07, 6.45) is 6.97. The number of nitrogens with one attached hydrogen (secondary N) is 1. The summed E-state index contributed by atoms with van der Waals surface area (Å²) in [4.78, 5) is 6.44. The number of ether oxygens (including phenoxy) is 1. The van der Waals surface area contributed by atoms with E-state index in [4.69, 9.17) is 4.74 Å². The summed E-state index contributed by atoms with van der Waals surface area (Å²) in [5, 5.41) is 3.84. The van der Waals surface area contributed by atoms with E-state index >= 15 is 0 Å². The van der Waals surface area contributed by atoms with Gasteiger partial charge < -0.3 is 15.0 Å². The van der Waals surface area contributed by atoms with Crippen LogP contribution in [-0.2, 0) is 11.2 Å². The minimum Gasteiger partial charge on any atom is -0.379 e. The number of benzene rings is 1. The van der Waals surface area contributed by atoms with Gasteiger partial charge in [-0.1, -0.05) is 0 Å². The minimum atomic E-state index is -0.174. The van der Waals surface area contributed by atoms with Crippen molar-refractivity contribution in [3.05, 3.63) is 60.2 Å². The average Bonchev–Trinajstić information content (AvgIpc) is 3.11. The first-order valence-electron chi connectivity index (χ1n) is 9.51. The van der Waals surface area contributed by atoms with Crippen molar-refractivity contribution in [1.82, 2.24) is 10.3 Å². The van der Waals surface area contributed by atoms with E-state index in [2.05, 4.69) is 27.3 Å². The van der Waals surface area contributed by atoms with Crippen LogP contribution in [0, 0.1) is 11.7 Å². The molecule has 2 fully saturated rings. The van der Waals surface area contributed by atoms with E-state index in [1.807, 2.05) is 24.5 Å². The van der Waals surface area contributed by atoms with Gasteiger partial charge in [-0.15, -0.1) is 0 Å². The second kappa shape index (κ2) is 8.14.